The molecule has 0 fully saturated rings. The Bertz CT molecular complexity index is 1230. The van der Waals surface area contributed by atoms with Crippen LogP contribution in [0.5, 0.6) is 11.5 Å². The van der Waals surface area contributed by atoms with Gasteiger partial charge in [-0.3, -0.25) is 10.1 Å². The van der Waals surface area contributed by atoms with Gasteiger partial charge in [-0.1, -0.05) is 18.2 Å². The van der Waals surface area contributed by atoms with E-state index >= 15 is 0 Å². The topological polar surface area (TPSA) is 77.8 Å². The Kier molecular flexibility index (Phi) is 5.41. The molecule has 8 heteroatoms. The smallest absolute Gasteiger partial charge is 0.264 e. The highest BCUT2D eigenvalue weighted by molar-refractivity contribution is 7.15. The van der Waals surface area contributed by atoms with Crippen LogP contribution in [0.2, 0.25) is 0 Å². The van der Waals surface area contributed by atoms with Crippen molar-refractivity contribution < 1.29 is 14.3 Å². The number of hydrogen-bond donors (Lipinski definition) is 1. The number of aromatic nitrogens is 3. The number of anilines is 1. The number of nitrogens with one attached hydrogen (secondary N) is 1. The van der Waals surface area contributed by atoms with E-state index in [9.17, 15) is 4.79 Å². The molecule has 30 heavy (non-hydrogen) atoms. The molecule has 2 aromatic heterocycles. The van der Waals surface area contributed by atoms with Crippen molar-refractivity contribution in [3.8, 4) is 22.8 Å². The number of thiazole rings is 1. The number of amides is 1. The van der Waals surface area contributed by atoms with E-state index in [4.69, 9.17) is 9.47 Å². The molecule has 1 amide bonds. The van der Waals surface area contributed by atoms with Gasteiger partial charge in [0.05, 0.1) is 12.8 Å². The van der Waals surface area contributed by atoms with Gasteiger partial charge in [0.1, 0.15) is 11.5 Å². The van der Waals surface area contributed by atoms with Crippen LogP contribution in [0, 0.1) is 20.8 Å². The molecule has 0 aliphatic rings. The van der Waals surface area contributed by atoms with E-state index in [2.05, 4.69) is 21.5 Å². The summed E-state index contributed by atoms with van der Waals surface area (Å²) in [6, 6.07) is 11.7. The summed E-state index contributed by atoms with van der Waals surface area (Å²) >= 11 is 1.44. The summed E-state index contributed by atoms with van der Waals surface area (Å²) in [7, 11) is 1.63. The minimum atomic E-state index is -0.314. The number of benzene rings is 2. The predicted molar refractivity (Wildman–Crippen MR) is 118 cm³/mol. The predicted octanol–water partition coefficient (Wildman–Crippen LogP) is 4.41. The molecule has 1 N–H and O–H groups in total. The largest absolute Gasteiger partial charge is 0.496 e. The summed E-state index contributed by atoms with van der Waals surface area (Å²) < 4.78 is 12.9. The Hall–Kier alpha value is -3.39. The lowest BCUT2D eigenvalue weighted by molar-refractivity contribution is -0.118. The van der Waals surface area contributed by atoms with Crippen LogP contribution in [-0.2, 0) is 4.79 Å². The number of aryl methyl sites for hydroxylation is 2. The maximum Gasteiger partial charge on any atom is 0.264 e. The van der Waals surface area contributed by atoms with Crippen molar-refractivity contribution in [3.63, 3.8) is 0 Å². The molecule has 0 saturated carbocycles. The quantitative estimate of drug-likeness (QED) is 0.498. The van der Waals surface area contributed by atoms with Gasteiger partial charge in [0, 0.05) is 10.9 Å². The minimum absolute atomic E-state index is 0.115. The molecule has 0 saturated heterocycles. The minimum Gasteiger partial charge on any atom is -0.496 e. The van der Waals surface area contributed by atoms with Crippen LogP contribution in [0.25, 0.3) is 16.2 Å². The maximum absolute atomic E-state index is 12.4. The highest BCUT2D eigenvalue weighted by atomic mass is 32.1. The van der Waals surface area contributed by atoms with Crippen molar-refractivity contribution in [1.82, 2.24) is 14.6 Å². The van der Waals surface area contributed by atoms with Crippen molar-refractivity contribution in [2.75, 3.05) is 19.0 Å². The first-order chi connectivity index (χ1) is 14.5. The highest BCUT2D eigenvalue weighted by Gasteiger charge is 2.16. The number of para-hydroxylation sites is 1. The zero-order valence-corrected chi connectivity index (χ0v) is 18.0. The molecular formula is C22H22N4O3S. The molecule has 154 valence electrons. The van der Waals surface area contributed by atoms with Crippen LogP contribution in [-0.4, -0.2) is 34.2 Å². The van der Waals surface area contributed by atoms with Crippen LogP contribution < -0.4 is 14.8 Å². The summed E-state index contributed by atoms with van der Waals surface area (Å²) in [6.07, 6.45) is 0. The fraction of sp³-hybridized carbons (Fsp3) is 0.227. The Balaban J connectivity index is 1.50. The third-order valence-corrected chi connectivity index (χ3v) is 5.65. The average Bonchev–Trinajstić information content (AvgIpc) is 3.29. The van der Waals surface area contributed by atoms with Crippen LogP contribution in [0.3, 0.4) is 0 Å². The van der Waals surface area contributed by atoms with Gasteiger partial charge in [0.2, 0.25) is 4.96 Å². The Labute approximate surface area is 178 Å². The molecule has 0 atom stereocenters. The van der Waals surface area contributed by atoms with Gasteiger partial charge < -0.3 is 9.47 Å². The van der Waals surface area contributed by atoms with E-state index in [-0.39, 0.29) is 18.5 Å². The zero-order valence-electron chi connectivity index (χ0n) is 17.2. The summed E-state index contributed by atoms with van der Waals surface area (Å²) in [5.41, 5.74) is 5.00. The fourth-order valence-corrected chi connectivity index (χ4v) is 4.05. The first kappa shape index (κ1) is 19.9. The molecule has 4 rings (SSSR count). The van der Waals surface area contributed by atoms with E-state index in [1.165, 1.54) is 11.3 Å². The van der Waals surface area contributed by atoms with E-state index in [1.807, 2.05) is 56.5 Å². The van der Waals surface area contributed by atoms with Gasteiger partial charge >= 0.3 is 0 Å². The molecule has 0 bridgehead atoms. The van der Waals surface area contributed by atoms with Crippen molar-refractivity contribution >= 4 is 28.2 Å². The van der Waals surface area contributed by atoms with Crippen molar-refractivity contribution in [1.29, 1.82) is 0 Å². The second-order valence-electron chi connectivity index (χ2n) is 6.99. The first-order valence-corrected chi connectivity index (χ1v) is 10.3. The number of methoxy groups -OCH3 is 1. The summed E-state index contributed by atoms with van der Waals surface area (Å²) in [6.45, 7) is 5.89. The Morgan fingerprint density at radius 3 is 2.77 bits per heavy atom. The number of carbonyl (C=O) groups excluding carboxylic acids is 1. The molecule has 0 unspecified atom stereocenters. The van der Waals surface area contributed by atoms with E-state index < -0.39 is 0 Å². The number of fused-ring (bicyclic) bond motifs is 1. The SMILES string of the molecule is COc1ccccc1-c1csc2nc(NC(=O)COc3cc(C)cc(C)c3C)nn12. The lowest BCUT2D eigenvalue weighted by Crippen LogP contribution is -2.21. The lowest BCUT2D eigenvalue weighted by atomic mass is 10.1. The second kappa shape index (κ2) is 8.16. The molecule has 0 aliphatic carbocycles. The van der Waals surface area contributed by atoms with Crippen LogP contribution in [0.4, 0.5) is 5.95 Å². The summed E-state index contributed by atoms with van der Waals surface area (Å²) in [5.74, 6) is 1.38. The molecule has 4 aromatic rings. The number of ether oxygens (including phenoxy) is 2. The number of hydrogen-bond acceptors (Lipinski definition) is 6. The third kappa shape index (κ3) is 3.86. The molecule has 0 radical (unpaired) electrons. The van der Waals surface area contributed by atoms with Crippen molar-refractivity contribution in [3.05, 3.63) is 58.5 Å². The van der Waals surface area contributed by atoms with Gasteiger partial charge in [0.25, 0.3) is 11.9 Å². The standard InChI is InChI=1S/C22H22N4O3S/c1-13-9-14(2)15(3)19(10-13)29-11-20(27)23-21-24-22-26(25-21)17(12-30-22)16-7-5-6-8-18(16)28-4/h5-10,12H,11H2,1-4H3,(H,23,25,27). The van der Waals surface area contributed by atoms with Crippen LogP contribution in [0.1, 0.15) is 16.7 Å². The molecule has 0 spiro atoms. The lowest BCUT2D eigenvalue weighted by Gasteiger charge is -2.11. The van der Waals surface area contributed by atoms with Gasteiger partial charge in [-0.15, -0.1) is 16.4 Å². The van der Waals surface area contributed by atoms with Crippen LogP contribution >= 0.6 is 11.3 Å². The fourth-order valence-electron chi connectivity index (χ4n) is 3.23. The number of nitrogens with zero attached hydrogens (tertiary/aromatic N) is 3. The molecule has 2 heterocycles. The number of rotatable bonds is 6. The van der Waals surface area contributed by atoms with Gasteiger partial charge in [-0.25, -0.2) is 4.52 Å². The van der Waals surface area contributed by atoms with Crippen LogP contribution in [0.15, 0.2) is 41.8 Å². The molecular weight excluding hydrogens is 400 g/mol. The average molecular weight is 423 g/mol. The summed E-state index contributed by atoms with van der Waals surface area (Å²) in [4.78, 5) is 17.5. The highest BCUT2D eigenvalue weighted by Crippen LogP contribution is 2.32. The zero-order chi connectivity index (χ0) is 21.3. The van der Waals surface area contributed by atoms with E-state index in [1.54, 1.807) is 11.6 Å². The Morgan fingerprint density at radius 1 is 1.17 bits per heavy atom. The monoisotopic (exact) mass is 422 g/mol. The second-order valence-corrected chi connectivity index (χ2v) is 7.83. The van der Waals surface area contributed by atoms with Gasteiger partial charge in [-0.2, -0.15) is 4.98 Å². The maximum atomic E-state index is 12.4. The van der Waals surface area contributed by atoms with Crippen molar-refractivity contribution in [2.24, 2.45) is 0 Å². The number of carbonyl (C=O) groups is 1. The van der Waals surface area contributed by atoms with Gasteiger partial charge in [-0.05, 0) is 55.7 Å². The van der Waals surface area contributed by atoms with Gasteiger partial charge in [0.15, 0.2) is 6.61 Å². The summed E-state index contributed by atoms with van der Waals surface area (Å²) in [5, 5.41) is 9.11. The third-order valence-electron chi connectivity index (χ3n) is 4.84. The molecule has 2 aromatic carbocycles. The van der Waals surface area contributed by atoms with E-state index in [0.29, 0.717) is 10.7 Å². The Morgan fingerprint density at radius 2 is 1.97 bits per heavy atom. The normalized spacial score (nSPS) is 10.9. The van der Waals surface area contributed by atoms with Crippen molar-refractivity contribution in [2.45, 2.75) is 20.8 Å². The molecule has 7 nitrogen and oxygen atoms in total. The molecule has 0 aliphatic heterocycles. The first-order valence-electron chi connectivity index (χ1n) is 9.44. The van der Waals surface area contributed by atoms with E-state index in [0.717, 1.165) is 33.7 Å².